The van der Waals surface area contributed by atoms with Crippen molar-refractivity contribution in [3.8, 4) is 0 Å². The smallest absolute Gasteiger partial charge is 0.336 e. The standard InChI is InChI=1S/C14H20N2O3/c1-9-8-12(14(17)18)10(2)13(15-9)11(3)16-4-6-19-7-5-16/h8,11,15H,1,4-7H2,2-3H3,(H,17,18). The summed E-state index contributed by atoms with van der Waals surface area (Å²) in [5, 5.41) is 12.4. The van der Waals surface area contributed by atoms with Crippen molar-refractivity contribution in [3.63, 3.8) is 0 Å². The number of hydrogen-bond acceptors (Lipinski definition) is 4. The summed E-state index contributed by atoms with van der Waals surface area (Å²) in [5.41, 5.74) is 2.64. The van der Waals surface area contributed by atoms with Gasteiger partial charge in [0.05, 0.1) is 18.8 Å². The van der Waals surface area contributed by atoms with Crippen LogP contribution in [0, 0.1) is 0 Å². The van der Waals surface area contributed by atoms with Gasteiger partial charge in [0.1, 0.15) is 0 Å². The molecule has 2 aliphatic heterocycles. The van der Waals surface area contributed by atoms with E-state index in [-0.39, 0.29) is 6.04 Å². The molecule has 0 saturated carbocycles. The molecule has 5 nitrogen and oxygen atoms in total. The van der Waals surface area contributed by atoms with Crippen molar-refractivity contribution in [1.29, 1.82) is 0 Å². The Morgan fingerprint density at radius 2 is 2.16 bits per heavy atom. The second-order valence-electron chi connectivity index (χ2n) is 4.88. The lowest BCUT2D eigenvalue weighted by Crippen LogP contribution is -2.46. The monoisotopic (exact) mass is 264 g/mol. The summed E-state index contributed by atoms with van der Waals surface area (Å²) >= 11 is 0. The van der Waals surface area contributed by atoms with Crippen LogP contribution >= 0.6 is 0 Å². The third kappa shape index (κ3) is 2.88. The van der Waals surface area contributed by atoms with Gasteiger partial charge < -0.3 is 15.2 Å². The molecule has 0 radical (unpaired) electrons. The zero-order chi connectivity index (χ0) is 14.0. The van der Waals surface area contributed by atoms with E-state index < -0.39 is 5.97 Å². The Labute approximate surface area is 113 Å². The SMILES string of the molecule is C=C1C=C(C(=O)O)C(C)=C(C(C)N2CCOCC2)N1. The molecule has 0 spiro atoms. The average Bonchev–Trinajstić information content (AvgIpc) is 2.41. The molecule has 1 unspecified atom stereocenters. The van der Waals surface area contributed by atoms with Crippen LogP contribution in [0.5, 0.6) is 0 Å². The molecule has 0 aromatic carbocycles. The molecule has 0 bridgehead atoms. The second-order valence-corrected chi connectivity index (χ2v) is 4.88. The summed E-state index contributed by atoms with van der Waals surface area (Å²) in [4.78, 5) is 13.5. The Kier molecular flexibility index (Phi) is 4.07. The molecule has 2 heterocycles. The van der Waals surface area contributed by atoms with Gasteiger partial charge in [-0.15, -0.1) is 0 Å². The summed E-state index contributed by atoms with van der Waals surface area (Å²) in [6.45, 7) is 10.9. The fourth-order valence-corrected chi connectivity index (χ4v) is 2.52. The Bertz CT molecular complexity index is 459. The van der Waals surface area contributed by atoms with Gasteiger partial charge >= 0.3 is 5.97 Å². The van der Waals surface area contributed by atoms with Crippen LogP contribution in [0.4, 0.5) is 0 Å². The van der Waals surface area contributed by atoms with E-state index in [1.807, 2.05) is 6.92 Å². The second kappa shape index (κ2) is 5.59. The minimum atomic E-state index is -0.910. The first-order valence-corrected chi connectivity index (χ1v) is 6.44. The summed E-state index contributed by atoms with van der Waals surface area (Å²) in [6.07, 6.45) is 1.58. The number of allylic oxidation sites excluding steroid dienone is 1. The fraction of sp³-hybridized carbons (Fsp3) is 0.500. The normalized spacial score (nSPS) is 22.8. The summed E-state index contributed by atoms with van der Waals surface area (Å²) in [7, 11) is 0. The highest BCUT2D eigenvalue weighted by atomic mass is 16.5. The van der Waals surface area contributed by atoms with Crippen LogP contribution in [-0.4, -0.2) is 48.3 Å². The van der Waals surface area contributed by atoms with E-state index in [1.165, 1.54) is 0 Å². The van der Waals surface area contributed by atoms with Crippen LogP contribution in [0.15, 0.2) is 35.2 Å². The van der Waals surface area contributed by atoms with Crippen LogP contribution < -0.4 is 5.32 Å². The molecular formula is C14H20N2O3. The van der Waals surface area contributed by atoms with Crippen molar-refractivity contribution in [2.24, 2.45) is 0 Å². The van der Waals surface area contributed by atoms with E-state index in [9.17, 15) is 9.90 Å². The van der Waals surface area contributed by atoms with Crippen LogP contribution in [0.1, 0.15) is 13.8 Å². The highest BCUT2D eigenvalue weighted by Gasteiger charge is 2.26. The summed E-state index contributed by atoms with van der Waals surface area (Å²) < 4.78 is 5.34. The lowest BCUT2D eigenvalue weighted by atomic mass is 9.97. The molecule has 2 rings (SSSR count). The van der Waals surface area contributed by atoms with Gasteiger partial charge in [-0.1, -0.05) is 6.58 Å². The van der Waals surface area contributed by atoms with Gasteiger partial charge in [0, 0.05) is 30.5 Å². The van der Waals surface area contributed by atoms with Crippen molar-refractivity contribution < 1.29 is 14.6 Å². The molecule has 19 heavy (non-hydrogen) atoms. The molecule has 0 aliphatic carbocycles. The van der Waals surface area contributed by atoms with Crippen LogP contribution in [0.25, 0.3) is 0 Å². The Balaban J connectivity index is 2.26. The largest absolute Gasteiger partial charge is 0.478 e. The first-order valence-electron chi connectivity index (χ1n) is 6.44. The number of nitrogens with zero attached hydrogens (tertiary/aromatic N) is 1. The first kappa shape index (κ1) is 13.8. The molecular weight excluding hydrogens is 244 g/mol. The van der Waals surface area contributed by atoms with Gasteiger partial charge in [-0.05, 0) is 25.5 Å². The van der Waals surface area contributed by atoms with E-state index in [2.05, 4.69) is 23.7 Å². The molecule has 2 N–H and O–H groups in total. The van der Waals surface area contributed by atoms with Gasteiger partial charge in [0.2, 0.25) is 0 Å². The maximum atomic E-state index is 11.2. The number of carboxylic acids is 1. The maximum Gasteiger partial charge on any atom is 0.336 e. The van der Waals surface area contributed by atoms with E-state index >= 15 is 0 Å². The Morgan fingerprint density at radius 3 is 2.74 bits per heavy atom. The fourth-order valence-electron chi connectivity index (χ4n) is 2.52. The number of morpholine rings is 1. The quantitative estimate of drug-likeness (QED) is 0.799. The van der Waals surface area contributed by atoms with Crippen molar-refractivity contribution in [2.45, 2.75) is 19.9 Å². The van der Waals surface area contributed by atoms with Crippen LogP contribution in [0.2, 0.25) is 0 Å². The molecule has 1 atom stereocenters. The molecule has 104 valence electrons. The predicted molar refractivity (Wildman–Crippen MR) is 72.5 cm³/mol. The van der Waals surface area contributed by atoms with Crippen molar-refractivity contribution in [3.05, 3.63) is 35.2 Å². The van der Waals surface area contributed by atoms with Gasteiger partial charge in [0.25, 0.3) is 0 Å². The molecule has 0 amide bonds. The topological polar surface area (TPSA) is 61.8 Å². The minimum Gasteiger partial charge on any atom is -0.478 e. The van der Waals surface area contributed by atoms with Gasteiger partial charge in [-0.3, -0.25) is 4.90 Å². The number of hydrogen-bond donors (Lipinski definition) is 2. The highest BCUT2D eigenvalue weighted by molar-refractivity contribution is 5.93. The van der Waals surface area contributed by atoms with Crippen molar-refractivity contribution in [1.82, 2.24) is 10.2 Å². The molecule has 2 aliphatic rings. The number of rotatable bonds is 3. The minimum absolute atomic E-state index is 0.128. The molecule has 0 aromatic heterocycles. The van der Waals surface area contributed by atoms with Gasteiger partial charge in [0.15, 0.2) is 0 Å². The maximum absolute atomic E-state index is 11.2. The Morgan fingerprint density at radius 1 is 1.53 bits per heavy atom. The zero-order valence-electron chi connectivity index (χ0n) is 11.4. The van der Waals surface area contributed by atoms with Gasteiger partial charge in [-0.2, -0.15) is 0 Å². The predicted octanol–water partition coefficient (Wildman–Crippen LogP) is 1.11. The summed E-state index contributed by atoms with van der Waals surface area (Å²) in [5.74, 6) is -0.910. The third-order valence-electron chi connectivity index (χ3n) is 3.66. The summed E-state index contributed by atoms with van der Waals surface area (Å²) in [6, 6.07) is 0.128. The number of carbonyl (C=O) groups is 1. The number of ether oxygens (including phenoxy) is 1. The van der Waals surface area contributed by atoms with E-state index in [4.69, 9.17) is 4.74 Å². The number of nitrogens with one attached hydrogen (secondary N) is 1. The Hall–Kier alpha value is -1.59. The average molecular weight is 264 g/mol. The molecule has 1 fully saturated rings. The van der Waals surface area contributed by atoms with Crippen LogP contribution in [-0.2, 0) is 9.53 Å². The lowest BCUT2D eigenvalue weighted by Gasteiger charge is -2.36. The highest BCUT2D eigenvalue weighted by Crippen LogP contribution is 2.25. The number of carboxylic acid groups (broad SMARTS) is 1. The molecule has 0 aromatic rings. The van der Waals surface area contributed by atoms with Crippen molar-refractivity contribution >= 4 is 5.97 Å². The number of aliphatic carboxylic acids is 1. The molecule has 1 saturated heterocycles. The first-order chi connectivity index (χ1) is 9.00. The van der Waals surface area contributed by atoms with Crippen molar-refractivity contribution in [2.75, 3.05) is 26.3 Å². The van der Waals surface area contributed by atoms with Crippen LogP contribution in [0.3, 0.4) is 0 Å². The zero-order valence-corrected chi connectivity index (χ0v) is 11.4. The van der Waals surface area contributed by atoms with E-state index in [0.717, 1.165) is 37.6 Å². The lowest BCUT2D eigenvalue weighted by molar-refractivity contribution is -0.132. The number of dihydropyridines is 1. The van der Waals surface area contributed by atoms with E-state index in [1.54, 1.807) is 6.08 Å². The van der Waals surface area contributed by atoms with Gasteiger partial charge in [-0.25, -0.2) is 4.79 Å². The molecule has 5 heteroatoms. The third-order valence-corrected chi connectivity index (χ3v) is 3.66. The van der Waals surface area contributed by atoms with E-state index in [0.29, 0.717) is 11.3 Å².